The summed E-state index contributed by atoms with van der Waals surface area (Å²) in [5.41, 5.74) is 0. The number of hydrogen-bond acceptors (Lipinski definition) is 13. The lowest BCUT2D eigenvalue weighted by molar-refractivity contribution is -0.359. The molecule has 0 aliphatic carbocycles. The quantitative estimate of drug-likeness (QED) is 0.0205. The van der Waals surface area contributed by atoms with Crippen molar-refractivity contribution in [3.63, 3.8) is 0 Å². The highest BCUT2D eigenvalue weighted by atomic mass is 16.7. The second kappa shape index (κ2) is 42.8. The van der Waals surface area contributed by atoms with Gasteiger partial charge in [0, 0.05) is 6.42 Å². The number of rotatable bonds is 45. The van der Waals surface area contributed by atoms with Gasteiger partial charge in [-0.15, -0.1) is 0 Å². The Morgan fingerprint density at radius 2 is 0.943 bits per heavy atom. The number of ether oxygens (including phenoxy) is 4. The number of carbonyl (C=O) groups excluding carboxylic acids is 1. The summed E-state index contributed by atoms with van der Waals surface area (Å²) >= 11 is 0. The highest BCUT2D eigenvalue weighted by molar-refractivity contribution is 5.76. The van der Waals surface area contributed by atoms with Crippen molar-refractivity contribution in [2.24, 2.45) is 0 Å². The van der Waals surface area contributed by atoms with Crippen molar-refractivity contribution < 1.29 is 64.6 Å². The molecule has 1 amide bonds. The van der Waals surface area contributed by atoms with E-state index >= 15 is 0 Å². The Morgan fingerprint density at radius 3 is 1.43 bits per heavy atom. The van der Waals surface area contributed by atoms with Crippen LogP contribution in [-0.4, -0.2) is 140 Å². The smallest absolute Gasteiger partial charge is 0.220 e. The maximum absolute atomic E-state index is 13.1. The molecule has 0 aromatic carbocycles. The molecule has 14 heteroatoms. The number of unbranched alkanes of at least 4 members (excludes halogenated alkanes) is 28. The van der Waals surface area contributed by atoms with Gasteiger partial charge in [-0.3, -0.25) is 4.79 Å². The molecule has 0 bridgehead atoms. The summed E-state index contributed by atoms with van der Waals surface area (Å²) in [5, 5.41) is 86.5. The van der Waals surface area contributed by atoms with Crippen molar-refractivity contribution in [3.05, 3.63) is 24.3 Å². The van der Waals surface area contributed by atoms with Crippen molar-refractivity contribution in [1.29, 1.82) is 0 Å². The first-order valence-electron chi connectivity index (χ1n) is 28.6. The minimum atomic E-state index is -1.78. The Bertz CT molecular complexity index is 1270. The van der Waals surface area contributed by atoms with Crippen LogP contribution in [0, 0.1) is 0 Å². The molecule has 0 spiro atoms. The van der Waals surface area contributed by atoms with Crippen molar-refractivity contribution in [2.75, 3.05) is 19.8 Å². The van der Waals surface area contributed by atoms with E-state index in [4.69, 9.17) is 18.9 Å². The lowest BCUT2D eigenvalue weighted by Crippen LogP contribution is -2.65. The maximum Gasteiger partial charge on any atom is 0.220 e. The van der Waals surface area contributed by atoms with Crippen molar-refractivity contribution >= 4 is 5.91 Å². The topological polar surface area (TPSA) is 228 Å². The number of aliphatic hydroxyl groups is 8. The normalized spacial score (nSPS) is 26.1. The zero-order chi connectivity index (χ0) is 51.0. The molecule has 70 heavy (non-hydrogen) atoms. The molecule has 0 aromatic rings. The van der Waals surface area contributed by atoms with Gasteiger partial charge in [0.25, 0.3) is 0 Å². The average Bonchev–Trinajstić information content (AvgIpc) is 3.36. The zero-order valence-electron chi connectivity index (χ0n) is 44.0. The van der Waals surface area contributed by atoms with E-state index in [1.165, 1.54) is 141 Å². The Kier molecular flexibility index (Phi) is 39.5. The summed E-state index contributed by atoms with van der Waals surface area (Å²) in [6.07, 6.45) is 32.7. The van der Waals surface area contributed by atoms with E-state index < -0.39 is 86.8 Å². The third-order valence-electron chi connectivity index (χ3n) is 14.2. The minimum Gasteiger partial charge on any atom is -0.394 e. The molecule has 2 aliphatic heterocycles. The van der Waals surface area contributed by atoms with Crippen LogP contribution in [0.15, 0.2) is 24.3 Å². The molecular weight excluding hydrogens is 895 g/mol. The molecule has 9 N–H and O–H groups in total. The molecule has 0 aromatic heterocycles. The Balaban J connectivity index is 1.55. The Morgan fingerprint density at radius 1 is 0.514 bits per heavy atom. The molecule has 2 fully saturated rings. The number of nitrogens with one attached hydrogen (secondary N) is 1. The monoisotopic (exact) mass is 1000 g/mol. The highest BCUT2D eigenvalue weighted by Gasteiger charge is 2.51. The van der Waals surface area contributed by atoms with Gasteiger partial charge < -0.3 is 65.1 Å². The standard InChI is InChI=1S/C56H105NO13/c1-3-5-7-9-10-11-12-13-14-15-16-17-18-19-20-21-22-23-24-25-26-27-28-29-30-31-32-33-34-36-38-40-48(61)57-44(45(60)39-37-35-8-6-4-2)43-67-55-53(66)51(64)54(47(42-59)69-55)70-56-52(65)50(63)49(62)46(41-58)68-56/h12-13,15-16,44-47,49-56,58-60,62-66H,3-11,14,17-43H2,1-2H3,(H,57,61)/b13-12-,16-15-. The number of amides is 1. The van der Waals surface area contributed by atoms with Gasteiger partial charge in [0.15, 0.2) is 12.6 Å². The molecule has 12 atom stereocenters. The van der Waals surface area contributed by atoms with Gasteiger partial charge in [-0.25, -0.2) is 0 Å². The molecule has 2 saturated heterocycles. The zero-order valence-corrected chi connectivity index (χ0v) is 44.0. The van der Waals surface area contributed by atoms with Gasteiger partial charge in [-0.2, -0.15) is 0 Å². The van der Waals surface area contributed by atoms with Crippen molar-refractivity contribution in [2.45, 2.75) is 306 Å². The van der Waals surface area contributed by atoms with Crippen LogP contribution in [0.1, 0.15) is 232 Å². The molecular formula is C56H105NO13. The molecule has 2 rings (SSSR count). The first-order valence-corrected chi connectivity index (χ1v) is 28.6. The molecule has 0 radical (unpaired) electrons. The van der Waals surface area contributed by atoms with E-state index in [2.05, 4.69) is 43.5 Å². The van der Waals surface area contributed by atoms with E-state index in [0.717, 1.165) is 64.2 Å². The maximum atomic E-state index is 13.1. The predicted molar refractivity (Wildman–Crippen MR) is 277 cm³/mol. The van der Waals surface area contributed by atoms with Gasteiger partial charge in [0.1, 0.15) is 48.8 Å². The first-order chi connectivity index (χ1) is 34.1. The predicted octanol–water partition coefficient (Wildman–Crippen LogP) is 8.89. The molecule has 0 saturated carbocycles. The number of allylic oxidation sites excluding steroid dienone is 4. The summed E-state index contributed by atoms with van der Waals surface area (Å²) in [5.74, 6) is -0.211. The summed E-state index contributed by atoms with van der Waals surface area (Å²) in [4.78, 5) is 13.1. The third kappa shape index (κ3) is 28.8. The van der Waals surface area contributed by atoms with E-state index in [1.54, 1.807) is 0 Å². The van der Waals surface area contributed by atoms with Crippen molar-refractivity contribution in [1.82, 2.24) is 5.32 Å². The third-order valence-corrected chi connectivity index (χ3v) is 14.2. The summed E-state index contributed by atoms with van der Waals surface area (Å²) in [6, 6.07) is -0.822. The number of carbonyl (C=O) groups is 1. The van der Waals surface area contributed by atoms with Crippen LogP contribution in [0.25, 0.3) is 0 Å². The fourth-order valence-electron chi connectivity index (χ4n) is 9.50. The van der Waals surface area contributed by atoms with Crippen LogP contribution in [0.3, 0.4) is 0 Å². The minimum absolute atomic E-state index is 0.211. The van der Waals surface area contributed by atoms with Crippen LogP contribution in [0.4, 0.5) is 0 Å². The molecule has 2 aliphatic rings. The van der Waals surface area contributed by atoms with Crippen molar-refractivity contribution in [3.8, 4) is 0 Å². The molecule has 14 nitrogen and oxygen atoms in total. The van der Waals surface area contributed by atoms with Gasteiger partial charge >= 0.3 is 0 Å². The van der Waals surface area contributed by atoms with E-state index in [9.17, 15) is 45.6 Å². The van der Waals surface area contributed by atoms with Crippen LogP contribution >= 0.6 is 0 Å². The molecule has 412 valence electrons. The van der Waals surface area contributed by atoms with Gasteiger partial charge in [0.2, 0.25) is 5.91 Å². The summed E-state index contributed by atoms with van der Waals surface area (Å²) in [6.45, 7) is 2.75. The molecule has 2 heterocycles. The van der Waals surface area contributed by atoms with Gasteiger partial charge in [-0.05, 0) is 44.9 Å². The van der Waals surface area contributed by atoms with Crippen LogP contribution in [0.5, 0.6) is 0 Å². The number of hydrogen-bond donors (Lipinski definition) is 9. The summed E-state index contributed by atoms with van der Waals surface area (Å²) < 4.78 is 22.6. The van der Waals surface area contributed by atoms with Crippen LogP contribution in [-0.2, 0) is 23.7 Å². The number of aliphatic hydroxyl groups excluding tert-OH is 8. The van der Waals surface area contributed by atoms with Gasteiger partial charge in [-0.1, -0.05) is 205 Å². The van der Waals surface area contributed by atoms with Crippen LogP contribution < -0.4 is 5.32 Å². The summed E-state index contributed by atoms with van der Waals surface area (Å²) in [7, 11) is 0. The first kappa shape index (κ1) is 64.6. The van der Waals surface area contributed by atoms with Crippen LogP contribution in [0.2, 0.25) is 0 Å². The Hall–Kier alpha value is -1.53. The molecule has 12 unspecified atom stereocenters. The lowest BCUT2D eigenvalue weighted by atomic mass is 9.97. The second-order valence-electron chi connectivity index (χ2n) is 20.4. The van der Waals surface area contributed by atoms with Gasteiger partial charge in [0.05, 0.1) is 32.0 Å². The van der Waals surface area contributed by atoms with E-state index in [-0.39, 0.29) is 12.5 Å². The Labute approximate surface area is 424 Å². The highest BCUT2D eigenvalue weighted by Crippen LogP contribution is 2.30. The SMILES string of the molecule is CCCCCCC/C=C\C/C=C\CCCCCCCCCCCCCCCCCCCCCC(=O)NC(COC1OC(CO)C(OC2OC(CO)C(O)C(O)C2O)C(O)C1O)C(O)CCCCCCC. The largest absolute Gasteiger partial charge is 0.394 e. The second-order valence-corrected chi connectivity index (χ2v) is 20.4. The lowest BCUT2D eigenvalue weighted by Gasteiger charge is -2.46. The van der Waals surface area contributed by atoms with E-state index in [0.29, 0.717) is 12.8 Å². The fraction of sp³-hybridized carbons (Fsp3) is 0.911. The average molecular weight is 1000 g/mol. The van der Waals surface area contributed by atoms with E-state index in [1.807, 2.05) is 0 Å². The fourth-order valence-corrected chi connectivity index (χ4v) is 9.50.